The zero-order valence-electron chi connectivity index (χ0n) is 15.6. The lowest BCUT2D eigenvalue weighted by Crippen LogP contribution is -3.00. The lowest BCUT2D eigenvalue weighted by molar-refractivity contribution is -0.882. The van der Waals surface area contributed by atoms with E-state index in [9.17, 15) is 4.79 Å². The highest BCUT2D eigenvalue weighted by Crippen LogP contribution is 2.39. The number of fused-ring (bicyclic) bond motifs is 3. The molecule has 0 aromatic heterocycles. The molecular formula is C22H27ClN2O. The lowest BCUT2D eigenvalue weighted by Gasteiger charge is -2.28. The van der Waals surface area contributed by atoms with Gasteiger partial charge in [0.2, 0.25) is 5.78 Å². The molecule has 26 heavy (non-hydrogen) atoms. The van der Waals surface area contributed by atoms with Gasteiger partial charge < -0.3 is 22.2 Å². The quantitative estimate of drug-likeness (QED) is 0.362. The average Bonchev–Trinajstić information content (AvgIpc) is 2.98. The van der Waals surface area contributed by atoms with Crippen molar-refractivity contribution >= 4 is 11.5 Å². The van der Waals surface area contributed by atoms with Gasteiger partial charge in [0, 0.05) is 25.1 Å². The zero-order valence-corrected chi connectivity index (χ0v) is 16.4. The summed E-state index contributed by atoms with van der Waals surface area (Å²) in [6.45, 7) is 5.95. The molecular weight excluding hydrogens is 344 g/mol. The Labute approximate surface area is 162 Å². The predicted molar refractivity (Wildman–Crippen MR) is 105 cm³/mol. The van der Waals surface area contributed by atoms with Gasteiger partial charge in [-0.3, -0.25) is 4.79 Å². The molecule has 2 aromatic carbocycles. The molecule has 0 fully saturated rings. The van der Waals surface area contributed by atoms with Gasteiger partial charge in [0.25, 0.3) is 0 Å². The summed E-state index contributed by atoms with van der Waals surface area (Å²) >= 11 is 0. The minimum Gasteiger partial charge on any atom is -1.00 e. The van der Waals surface area contributed by atoms with Crippen LogP contribution in [-0.4, -0.2) is 44.0 Å². The standard InChI is InChI=1S/C22H27N2O.ClH/c1-4-18(25)16-24(2,3)14-8-13-23-22-12-7-11-20-19-10-6-5-9-17(19)15-21(20)22;/h4-7,9-12,23H,1,8,13-16H2,2-3H3;1H/q+1;/p-1. The molecule has 0 bridgehead atoms. The van der Waals surface area contributed by atoms with Gasteiger partial charge in [-0.2, -0.15) is 0 Å². The Morgan fingerprint density at radius 2 is 1.88 bits per heavy atom. The Morgan fingerprint density at radius 1 is 1.15 bits per heavy atom. The number of ketones is 1. The molecule has 0 saturated heterocycles. The van der Waals surface area contributed by atoms with Gasteiger partial charge in [-0.05, 0) is 34.4 Å². The average molecular weight is 371 g/mol. The van der Waals surface area contributed by atoms with E-state index in [1.165, 1.54) is 34.0 Å². The van der Waals surface area contributed by atoms with Crippen LogP contribution in [0.4, 0.5) is 5.69 Å². The Morgan fingerprint density at radius 3 is 2.65 bits per heavy atom. The van der Waals surface area contributed by atoms with Crippen LogP contribution in [0.2, 0.25) is 0 Å². The number of carbonyl (C=O) groups is 1. The number of quaternary nitrogens is 1. The number of likely N-dealkylation sites (N-methyl/N-ethyl adjacent to an activating group) is 1. The number of anilines is 1. The summed E-state index contributed by atoms with van der Waals surface area (Å²) in [6.07, 6.45) is 3.45. The zero-order chi connectivity index (χ0) is 17.9. The lowest BCUT2D eigenvalue weighted by atomic mass is 10.0. The summed E-state index contributed by atoms with van der Waals surface area (Å²) in [5.74, 6) is 0.108. The Kier molecular flexibility index (Phi) is 6.63. The fraction of sp³-hybridized carbons (Fsp3) is 0.318. The number of nitrogens with one attached hydrogen (secondary N) is 1. The molecule has 1 N–H and O–H groups in total. The van der Waals surface area contributed by atoms with Crippen molar-refractivity contribution in [2.45, 2.75) is 12.8 Å². The predicted octanol–water partition coefficient (Wildman–Crippen LogP) is 0.895. The monoisotopic (exact) mass is 370 g/mol. The van der Waals surface area contributed by atoms with Crippen molar-refractivity contribution in [2.75, 3.05) is 39.0 Å². The first-order valence-corrected chi connectivity index (χ1v) is 8.91. The van der Waals surface area contributed by atoms with Crippen LogP contribution >= 0.6 is 0 Å². The molecule has 1 aliphatic rings. The van der Waals surface area contributed by atoms with Gasteiger partial charge in [0.15, 0.2) is 0 Å². The minimum absolute atomic E-state index is 0. The third-order valence-electron chi connectivity index (χ3n) is 4.92. The van der Waals surface area contributed by atoms with Crippen LogP contribution in [0, 0.1) is 0 Å². The van der Waals surface area contributed by atoms with Crippen LogP contribution < -0.4 is 17.7 Å². The molecule has 0 radical (unpaired) electrons. The molecule has 0 heterocycles. The van der Waals surface area contributed by atoms with Crippen molar-refractivity contribution in [3.63, 3.8) is 0 Å². The maximum Gasteiger partial charge on any atom is 0.209 e. The van der Waals surface area contributed by atoms with Crippen LogP contribution in [0.1, 0.15) is 17.5 Å². The van der Waals surface area contributed by atoms with E-state index >= 15 is 0 Å². The smallest absolute Gasteiger partial charge is 0.209 e. The van der Waals surface area contributed by atoms with E-state index in [2.05, 4.69) is 68.5 Å². The number of hydrogen-bond acceptors (Lipinski definition) is 2. The highest BCUT2D eigenvalue weighted by Gasteiger charge is 2.21. The summed E-state index contributed by atoms with van der Waals surface area (Å²) in [7, 11) is 4.19. The summed E-state index contributed by atoms with van der Waals surface area (Å²) < 4.78 is 0.699. The first-order chi connectivity index (χ1) is 12.0. The van der Waals surface area contributed by atoms with E-state index in [1.54, 1.807) is 0 Å². The first kappa shape index (κ1) is 20.2. The second-order valence-electron chi connectivity index (χ2n) is 7.43. The summed E-state index contributed by atoms with van der Waals surface area (Å²) in [5, 5.41) is 3.60. The molecule has 0 aliphatic heterocycles. The summed E-state index contributed by atoms with van der Waals surface area (Å²) in [4.78, 5) is 11.6. The van der Waals surface area contributed by atoms with Crippen LogP contribution in [0.3, 0.4) is 0 Å². The number of benzene rings is 2. The molecule has 2 aromatic rings. The van der Waals surface area contributed by atoms with Crippen molar-refractivity contribution in [1.82, 2.24) is 0 Å². The fourth-order valence-electron chi connectivity index (χ4n) is 3.62. The van der Waals surface area contributed by atoms with E-state index < -0.39 is 0 Å². The van der Waals surface area contributed by atoms with Gasteiger partial charge in [0.05, 0.1) is 20.6 Å². The molecule has 3 rings (SSSR count). The maximum atomic E-state index is 11.6. The Balaban J connectivity index is 0.00000243. The summed E-state index contributed by atoms with van der Waals surface area (Å²) in [6, 6.07) is 15.2. The minimum atomic E-state index is 0. The molecule has 3 nitrogen and oxygen atoms in total. The van der Waals surface area contributed by atoms with Crippen molar-refractivity contribution in [2.24, 2.45) is 0 Å². The largest absolute Gasteiger partial charge is 1.00 e. The Hall–Kier alpha value is -2.10. The molecule has 0 saturated carbocycles. The fourth-order valence-corrected chi connectivity index (χ4v) is 3.62. The Bertz CT molecular complexity index is 798. The number of carbonyl (C=O) groups excluding carboxylic acids is 1. The van der Waals surface area contributed by atoms with Crippen molar-refractivity contribution in [1.29, 1.82) is 0 Å². The normalized spacial score (nSPS) is 11.9. The molecule has 0 amide bonds. The topological polar surface area (TPSA) is 29.1 Å². The molecule has 4 heteroatoms. The van der Waals surface area contributed by atoms with Gasteiger partial charge in [-0.25, -0.2) is 0 Å². The van der Waals surface area contributed by atoms with E-state index in [0.29, 0.717) is 11.0 Å². The van der Waals surface area contributed by atoms with Gasteiger partial charge in [-0.1, -0.05) is 43.0 Å². The van der Waals surface area contributed by atoms with Crippen LogP contribution in [-0.2, 0) is 11.2 Å². The van der Waals surface area contributed by atoms with Gasteiger partial charge >= 0.3 is 0 Å². The maximum absolute atomic E-state index is 11.6. The molecule has 0 unspecified atom stereocenters. The molecule has 0 spiro atoms. The number of nitrogens with zero attached hydrogens (tertiary/aromatic N) is 1. The van der Waals surface area contributed by atoms with Gasteiger partial charge in [0.1, 0.15) is 6.54 Å². The third kappa shape index (κ3) is 4.54. The highest BCUT2D eigenvalue weighted by molar-refractivity contribution is 5.90. The highest BCUT2D eigenvalue weighted by atomic mass is 35.5. The molecule has 1 aliphatic carbocycles. The SMILES string of the molecule is C=CC(=O)C[N+](C)(C)CCCNc1cccc2c1Cc1ccccc1-2.[Cl-]. The first-order valence-electron chi connectivity index (χ1n) is 8.91. The van der Waals surface area contributed by atoms with Crippen molar-refractivity contribution in [3.05, 3.63) is 66.2 Å². The van der Waals surface area contributed by atoms with E-state index in [0.717, 1.165) is 25.9 Å². The van der Waals surface area contributed by atoms with E-state index in [1.807, 2.05) is 0 Å². The van der Waals surface area contributed by atoms with Crippen molar-refractivity contribution in [3.8, 4) is 11.1 Å². The second kappa shape index (κ2) is 8.52. The third-order valence-corrected chi connectivity index (χ3v) is 4.92. The number of halogens is 1. The number of rotatable bonds is 8. The van der Waals surface area contributed by atoms with Crippen molar-refractivity contribution < 1.29 is 21.7 Å². The second-order valence-corrected chi connectivity index (χ2v) is 7.43. The van der Waals surface area contributed by atoms with E-state index in [4.69, 9.17) is 0 Å². The summed E-state index contributed by atoms with van der Waals surface area (Å²) in [5.41, 5.74) is 6.77. The van der Waals surface area contributed by atoms with E-state index in [-0.39, 0.29) is 18.2 Å². The molecule has 138 valence electrons. The van der Waals surface area contributed by atoms with Crippen LogP contribution in [0.25, 0.3) is 11.1 Å². The van der Waals surface area contributed by atoms with Crippen LogP contribution in [0.5, 0.6) is 0 Å². The van der Waals surface area contributed by atoms with Gasteiger partial charge in [-0.15, -0.1) is 0 Å². The number of hydrogen-bond donors (Lipinski definition) is 1. The molecule has 0 atom stereocenters. The van der Waals surface area contributed by atoms with Crippen LogP contribution in [0.15, 0.2) is 55.1 Å².